The summed E-state index contributed by atoms with van der Waals surface area (Å²) in [6.45, 7) is 8.61. The van der Waals surface area contributed by atoms with Gasteiger partial charge >= 0.3 is 5.97 Å². The van der Waals surface area contributed by atoms with E-state index in [1.54, 1.807) is 19.9 Å². The van der Waals surface area contributed by atoms with Crippen molar-refractivity contribution in [2.75, 3.05) is 26.2 Å². The van der Waals surface area contributed by atoms with E-state index in [0.29, 0.717) is 5.56 Å². The summed E-state index contributed by atoms with van der Waals surface area (Å²) in [4.78, 5) is 15.3. The van der Waals surface area contributed by atoms with E-state index in [4.69, 9.17) is 5.11 Å². The first kappa shape index (κ1) is 15.9. The highest BCUT2D eigenvalue weighted by molar-refractivity contribution is 5.72. The lowest BCUT2D eigenvalue weighted by molar-refractivity contribution is -0.143. The SMILES string of the molecule is Cc1ccc(C(C)N2CCN(C(C)C(=O)O)CC2)cc1F. The number of carboxylic acids is 1. The lowest BCUT2D eigenvalue weighted by Gasteiger charge is -2.39. The highest BCUT2D eigenvalue weighted by Crippen LogP contribution is 2.23. The zero-order valence-corrected chi connectivity index (χ0v) is 12.8. The van der Waals surface area contributed by atoms with Gasteiger partial charge in [-0.25, -0.2) is 4.39 Å². The molecule has 0 saturated carbocycles. The van der Waals surface area contributed by atoms with Crippen LogP contribution in [0.1, 0.15) is 31.0 Å². The van der Waals surface area contributed by atoms with E-state index in [0.717, 1.165) is 31.7 Å². The van der Waals surface area contributed by atoms with Crippen LogP contribution in [0.2, 0.25) is 0 Å². The van der Waals surface area contributed by atoms with E-state index in [-0.39, 0.29) is 11.9 Å². The molecule has 116 valence electrons. The van der Waals surface area contributed by atoms with E-state index in [9.17, 15) is 9.18 Å². The van der Waals surface area contributed by atoms with Gasteiger partial charge in [-0.05, 0) is 38.0 Å². The molecule has 2 rings (SSSR count). The van der Waals surface area contributed by atoms with Crippen molar-refractivity contribution < 1.29 is 14.3 Å². The van der Waals surface area contributed by atoms with Gasteiger partial charge in [-0.2, -0.15) is 0 Å². The minimum absolute atomic E-state index is 0.141. The molecule has 1 aromatic rings. The van der Waals surface area contributed by atoms with Gasteiger partial charge in [0.15, 0.2) is 0 Å². The second kappa shape index (κ2) is 6.54. The average molecular weight is 294 g/mol. The number of nitrogens with zero attached hydrogens (tertiary/aromatic N) is 2. The molecular weight excluding hydrogens is 271 g/mol. The maximum Gasteiger partial charge on any atom is 0.320 e. The molecule has 1 aliphatic rings. The summed E-state index contributed by atoms with van der Waals surface area (Å²) in [6.07, 6.45) is 0. The molecule has 1 aliphatic heterocycles. The molecule has 0 spiro atoms. The number of rotatable bonds is 4. The Morgan fingerprint density at radius 1 is 1.19 bits per heavy atom. The van der Waals surface area contributed by atoms with Crippen LogP contribution >= 0.6 is 0 Å². The summed E-state index contributed by atoms with van der Waals surface area (Å²) in [5.74, 6) is -0.949. The quantitative estimate of drug-likeness (QED) is 0.925. The average Bonchev–Trinajstić information content (AvgIpc) is 2.48. The number of aryl methyl sites for hydroxylation is 1. The molecule has 21 heavy (non-hydrogen) atoms. The van der Waals surface area contributed by atoms with Crippen molar-refractivity contribution in [1.82, 2.24) is 9.80 Å². The molecule has 2 atom stereocenters. The zero-order valence-electron chi connectivity index (χ0n) is 12.8. The summed E-state index contributed by atoms with van der Waals surface area (Å²) in [5.41, 5.74) is 1.63. The van der Waals surface area contributed by atoms with E-state index in [1.165, 1.54) is 0 Å². The van der Waals surface area contributed by atoms with Crippen molar-refractivity contribution in [1.29, 1.82) is 0 Å². The topological polar surface area (TPSA) is 43.8 Å². The first-order valence-electron chi connectivity index (χ1n) is 7.37. The number of hydrogen-bond donors (Lipinski definition) is 1. The molecule has 5 heteroatoms. The maximum absolute atomic E-state index is 13.7. The third kappa shape index (κ3) is 3.60. The molecule has 1 saturated heterocycles. The van der Waals surface area contributed by atoms with Crippen LogP contribution in [0.15, 0.2) is 18.2 Å². The van der Waals surface area contributed by atoms with Gasteiger partial charge in [-0.1, -0.05) is 12.1 Å². The molecule has 1 N–H and O–H groups in total. The number of piperazine rings is 1. The van der Waals surface area contributed by atoms with Crippen LogP contribution in [0, 0.1) is 12.7 Å². The molecule has 0 bridgehead atoms. The monoisotopic (exact) mass is 294 g/mol. The standard InChI is InChI=1S/C16H23FN2O2/c1-11-4-5-14(10-15(11)17)12(2)18-6-8-19(9-7-18)13(3)16(20)21/h4-5,10,12-13H,6-9H2,1-3H3,(H,20,21). The molecule has 2 unspecified atom stereocenters. The Hall–Kier alpha value is -1.46. The van der Waals surface area contributed by atoms with E-state index in [1.807, 2.05) is 17.0 Å². The maximum atomic E-state index is 13.7. The number of hydrogen-bond acceptors (Lipinski definition) is 3. The Morgan fingerprint density at radius 3 is 2.29 bits per heavy atom. The summed E-state index contributed by atoms with van der Waals surface area (Å²) in [6, 6.07) is 5.08. The first-order valence-corrected chi connectivity index (χ1v) is 7.37. The summed E-state index contributed by atoms with van der Waals surface area (Å²) in [5, 5.41) is 9.05. The second-order valence-electron chi connectivity index (χ2n) is 5.77. The second-order valence-corrected chi connectivity index (χ2v) is 5.77. The van der Waals surface area contributed by atoms with Crippen LogP contribution in [-0.4, -0.2) is 53.1 Å². The van der Waals surface area contributed by atoms with Crippen LogP contribution in [0.5, 0.6) is 0 Å². The number of halogens is 1. The molecule has 0 aliphatic carbocycles. The Balaban J connectivity index is 1.98. The normalized spacial score (nSPS) is 20.2. The van der Waals surface area contributed by atoms with Gasteiger partial charge < -0.3 is 5.11 Å². The van der Waals surface area contributed by atoms with E-state index < -0.39 is 12.0 Å². The van der Waals surface area contributed by atoms with Crippen molar-refractivity contribution in [3.63, 3.8) is 0 Å². The van der Waals surface area contributed by atoms with Gasteiger partial charge in [0, 0.05) is 32.2 Å². The lowest BCUT2D eigenvalue weighted by atomic mass is 10.0. The number of aliphatic carboxylic acids is 1. The smallest absolute Gasteiger partial charge is 0.320 e. The highest BCUT2D eigenvalue weighted by atomic mass is 19.1. The molecule has 1 aromatic carbocycles. The van der Waals surface area contributed by atoms with Crippen molar-refractivity contribution in [3.8, 4) is 0 Å². The lowest BCUT2D eigenvalue weighted by Crippen LogP contribution is -2.52. The van der Waals surface area contributed by atoms with E-state index in [2.05, 4.69) is 11.8 Å². The molecule has 0 radical (unpaired) electrons. The van der Waals surface area contributed by atoms with Gasteiger partial charge in [-0.3, -0.25) is 14.6 Å². The van der Waals surface area contributed by atoms with Crippen LogP contribution < -0.4 is 0 Å². The largest absolute Gasteiger partial charge is 0.480 e. The number of carbonyl (C=O) groups is 1. The zero-order chi connectivity index (χ0) is 15.6. The minimum atomic E-state index is -0.780. The third-order valence-corrected chi connectivity index (χ3v) is 4.48. The van der Waals surface area contributed by atoms with Gasteiger partial charge in [0.05, 0.1) is 0 Å². The Labute approximate surface area is 125 Å². The fourth-order valence-electron chi connectivity index (χ4n) is 2.75. The van der Waals surface area contributed by atoms with Crippen molar-refractivity contribution in [2.24, 2.45) is 0 Å². The van der Waals surface area contributed by atoms with Gasteiger partial charge in [0.25, 0.3) is 0 Å². The number of carboxylic acid groups (broad SMARTS) is 1. The van der Waals surface area contributed by atoms with Crippen LogP contribution in [-0.2, 0) is 4.79 Å². The van der Waals surface area contributed by atoms with Crippen LogP contribution in [0.3, 0.4) is 0 Å². The molecule has 1 fully saturated rings. The number of benzene rings is 1. The van der Waals surface area contributed by atoms with Crippen LogP contribution in [0.4, 0.5) is 4.39 Å². The molecule has 1 heterocycles. The molecule has 4 nitrogen and oxygen atoms in total. The van der Waals surface area contributed by atoms with Gasteiger partial charge in [0.1, 0.15) is 11.9 Å². The summed E-state index contributed by atoms with van der Waals surface area (Å²) in [7, 11) is 0. The van der Waals surface area contributed by atoms with Gasteiger partial charge in [-0.15, -0.1) is 0 Å². The van der Waals surface area contributed by atoms with Crippen LogP contribution in [0.25, 0.3) is 0 Å². The Morgan fingerprint density at radius 2 is 1.76 bits per heavy atom. The predicted octanol–water partition coefficient (Wildman–Crippen LogP) is 2.29. The summed E-state index contributed by atoms with van der Waals surface area (Å²) >= 11 is 0. The third-order valence-electron chi connectivity index (χ3n) is 4.48. The molecule has 0 aromatic heterocycles. The van der Waals surface area contributed by atoms with E-state index >= 15 is 0 Å². The van der Waals surface area contributed by atoms with Crippen molar-refractivity contribution >= 4 is 5.97 Å². The molecular formula is C16H23FN2O2. The fraction of sp³-hybridized carbons (Fsp3) is 0.562. The fourth-order valence-corrected chi connectivity index (χ4v) is 2.75. The van der Waals surface area contributed by atoms with Gasteiger partial charge in [0.2, 0.25) is 0 Å². The minimum Gasteiger partial charge on any atom is -0.480 e. The Bertz CT molecular complexity index is 513. The predicted molar refractivity (Wildman–Crippen MR) is 79.8 cm³/mol. The summed E-state index contributed by atoms with van der Waals surface area (Å²) < 4.78 is 13.7. The Kier molecular flexibility index (Phi) is 4.96. The van der Waals surface area contributed by atoms with Crippen molar-refractivity contribution in [3.05, 3.63) is 35.1 Å². The first-order chi connectivity index (χ1) is 9.90. The highest BCUT2D eigenvalue weighted by Gasteiger charge is 2.27. The van der Waals surface area contributed by atoms with Crippen molar-refractivity contribution in [2.45, 2.75) is 32.9 Å². The molecule has 0 amide bonds.